The third-order valence-electron chi connectivity index (χ3n) is 3.37. The first-order chi connectivity index (χ1) is 10.5. The zero-order chi connectivity index (χ0) is 15.7. The van der Waals surface area contributed by atoms with Crippen molar-refractivity contribution < 1.29 is 18.7 Å². The van der Waals surface area contributed by atoms with Crippen LogP contribution in [0.4, 0.5) is 10.1 Å². The topological polar surface area (TPSA) is 55.4 Å². The minimum absolute atomic E-state index is 0.0516. The number of esters is 1. The van der Waals surface area contributed by atoms with Gasteiger partial charge in [-0.3, -0.25) is 4.79 Å². The zero-order valence-corrected chi connectivity index (χ0v) is 12.0. The molecule has 1 amide bonds. The van der Waals surface area contributed by atoms with Gasteiger partial charge in [0.15, 0.2) is 0 Å². The van der Waals surface area contributed by atoms with Crippen molar-refractivity contribution in [1.82, 2.24) is 0 Å². The van der Waals surface area contributed by atoms with E-state index in [2.05, 4.69) is 5.32 Å². The van der Waals surface area contributed by atoms with Crippen molar-refractivity contribution >= 4 is 29.2 Å². The van der Waals surface area contributed by atoms with Gasteiger partial charge in [-0.15, -0.1) is 0 Å². The Labute approximate surface area is 130 Å². The van der Waals surface area contributed by atoms with Crippen LogP contribution in [0.5, 0.6) is 0 Å². The molecule has 0 saturated heterocycles. The third-order valence-corrected chi connectivity index (χ3v) is 3.61. The van der Waals surface area contributed by atoms with Gasteiger partial charge in [0.1, 0.15) is 17.5 Å². The highest BCUT2D eigenvalue weighted by atomic mass is 35.5. The molecule has 3 rings (SSSR count). The molecule has 22 heavy (non-hydrogen) atoms. The summed E-state index contributed by atoms with van der Waals surface area (Å²) in [4.78, 5) is 24.1. The first kappa shape index (κ1) is 14.5. The van der Waals surface area contributed by atoms with E-state index in [1.165, 1.54) is 18.2 Å². The second kappa shape index (κ2) is 5.77. The Morgan fingerprint density at radius 3 is 2.82 bits per heavy atom. The number of hydrogen-bond acceptors (Lipinski definition) is 3. The molecule has 0 aromatic heterocycles. The Morgan fingerprint density at radius 2 is 2.05 bits per heavy atom. The lowest BCUT2D eigenvalue weighted by molar-refractivity contribution is -0.145. The lowest BCUT2D eigenvalue weighted by Crippen LogP contribution is -2.34. The van der Waals surface area contributed by atoms with Crippen LogP contribution < -0.4 is 5.32 Å². The Kier molecular flexibility index (Phi) is 3.81. The summed E-state index contributed by atoms with van der Waals surface area (Å²) in [5.74, 6) is -2.32. The number of benzene rings is 1. The van der Waals surface area contributed by atoms with Gasteiger partial charge in [0.25, 0.3) is 5.91 Å². The number of anilines is 1. The molecule has 1 aliphatic heterocycles. The maximum Gasteiger partial charge on any atom is 0.344 e. The van der Waals surface area contributed by atoms with Gasteiger partial charge in [0, 0.05) is 10.9 Å². The maximum atomic E-state index is 13.7. The van der Waals surface area contributed by atoms with E-state index in [0.717, 1.165) is 6.07 Å². The van der Waals surface area contributed by atoms with Crippen molar-refractivity contribution in [2.45, 2.75) is 6.10 Å². The molecule has 0 bridgehead atoms. The molecule has 1 N–H and O–H groups in total. The average molecular weight is 320 g/mol. The lowest BCUT2D eigenvalue weighted by atomic mass is 9.92. The van der Waals surface area contributed by atoms with Crippen molar-refractivity contribution in [1.29, 1.82) is 0 Å². The van der Waals surface area contributed by atoms with Gasteiger partial charge in [0.2, 0.25) is 0 Å². The number of ether oxygens (including phenoxy) is 1. The molecular weight excluding hydrogens is 309 g/mol. The second-order valence-corrected chi connectivity index (χ2v) is 5.31. The smallest absolute Gasteiger partial charge is 0.344 e. The van der Waals surface area contributed by atoms with Crippen molar-refractivity contribution in [3.05, 3.63) is 65.0 Å². The summed E-state index contributed by atoms with van der Waals surface area (Å²) in [6.07, 6.45) is 8.28. The first-order valence-electron chi connectivity index (χ1n) is 6.59. The molecule has 0 spiro atoms. The van der Waals surface area contributed by atoms with E-state index < -0.39 is 23.8 Å². The molecule has 6 heteroatoms. The van der Waals surface area contributed by atoms with Crippen molar-refractivity contribution in [3.63, 3.8) is 0 Å². The van der Waals surface area contributed by atoms with Crippen molar-refractivity contribution in [2.75, 3.05) is 5.32 Å². The van der Waals surface area contributed by atoms with E-state index in [9.17, 15) is 14.0 Å². The van der Waals surface area contributed by atoms with E-state index in [4.69, 9.17) is 16.3 Å². The van der Waals surface area contributed by atoms with Crippen LogP contribution in [-0.2, 0) is 14.3 Å². The lowest BCUT2D eigenvalue weighted by Gasteiger charge is -2.27. The first-order valence-corrected chi connectivity index (χ1v) is 6.96. The molecule has 2 atom stereocenters. The number of carbonyl (C=O) groups is 2. The van der Waals surface area contributed by atoms with E-state index in [1.807, 2.05) is 12.2 Å². The van der Waals surface area contributed by atoms with Crippen LogP contribution in [0.15, 0.2) is 54.2 Å². The second-order valence-electron chi connectivity index (χ2n) is 4.88. The number of carbonyl (C=O) groups excluding carboxylic acids is 2. The summed E-state index contributed by atoms with van der Waals surface area (Å²) in [5, 5.41) is 2.57. The molecule has 0 fully saturated rings. The van der Waals surface area contributed by atoms with Crippen LogP contribution in [0.2, 0.25) is 5.02 Å². The van der Waals surface area contributed by atoms with Gasteiger partial charge in [-0.05, 0) is 24.3 Å². The Balaban J connectivity index is 1.82. The van der Waals surface area contributed by atoms with Crippen LogP contribution in [0.3, 0.4) is 0 Å². The fraction of sp³-hybridized carbons (Fsp3) is 0.125. The molecule has 0 radical (unpaired) electrons. The Morgan fingerprint density at radius 1 is 1.27 bits per heavy atom. The molecular formula is C16H11ClFNO3. The quantitative estimate of drug-likeness (QED) is 0.673. The van der Waals surface area contributed by atoms with Crippen LogP contribution in [0.25, 0.3) is 0 Å². The third kappa shape index (κ3) is 2.80. The number of amides is 1. The predicted molar refractivity (Wildman–Crippen MR) is 79.8 cm³/mol. The Bertz CT molecular complexity index is 739. The fourth-order valence-corrected chi connectivity index (χ4v) is 2.43. The standard InChI is InChI=1S/C16H11ClFNO3/c17-10-5-6-13(12(18)8-10)19-15(20)11-7-9-3-1-2-4-14(9)22-16(11)21/h1-9,14H,(H,19,20). The highest BCUT2D eigenvalue weighted by molar-refractivity contribution is 6.30. The van der Waals surface area contributed by atoms with Gasteiger partial charge in [0.05, 0.1) is 5.69 Å². The van der Waals surface area contributed by atoms with Crippen molar-refractivity contribution in [3.8, 4) is 0 Å². The predicted octanol–water partition coefficient (Wildman–Crippen LogP) is 3.01. The number of hydrogen-bond donors (Lipinski definition) is 1. The molecule has 1 aliphatic carbocycles. The highest BCUT2D eigenvalue weighted by Crippen LogP contribution is 2.26. The largest absolute Gasteiger partial charge is 0.453 e. The fourth-order valence-electron chi connectivity index (χ4n) is 2.27. The van der Waals surface area contributed by atoms with Crippen LogP contribution in [-0.4, -0.2) is 18.0 Å². The molecule has 1 heterocycles. The van der Waals surface area contributed by atoms with Crippen molar-refractivity contribution in [2.24, 2.45) is 5.92 Å². The normalized spacial score (nSPS) is 22.6. The van der Waals surface area contributed by atoms with Gasteiger partial charge >= 0.3 is 5.97 Å². The summed E-state index contributed by atoms with van der Waals surface area (Å²) in [5.41, 5.74) is -0.195. The summed E-state index contributed by atoms with van der Waals surface area (Å²) in [6.45, 7) is 0. The van der Waals surface area contributed by atoms with Crippen LogP contribution in [0, 0.1) is 11.7 Å². The number of allylic oxidation sites excluding steroid dienone is 2. The Hall–Kier alpha value is -2.40. The van der Waals surface area contributed by atoms with E-state index in [1.54, 1.807) is 12.2 Å². The van der Waals surface area contributed by atoms with E-state index >= 15 is 0 Å². The average Bonchev–Trinajstić information content (AvgIpc) is 2.49. The molecule has 1 aromatic rings. The molecule has 2 unspecified atom stereocenters. The zero-order valence-electron chi connectivity index (χ0n) is 11.3. The van der Waals surface area contributed by atoms with E-state index in [-0.39, 0.29) is 22.2 Å². The molecule has 1 aromatic carbocycles. The molecule has 2 aliphatic rings. The van der Waals surface area contributed by atoms with Gasteiger partial charge in [-0.1, -0.05) is 35.9 Å². The molecule has 112 valence electrons. The number of nitrogens with one attached hydrogen (secondary N) is 1. The summed E-state index contributed by atoms with van der Waals surface area (Å²) in [7, 11) is 0. The molecule has 4 nitrogen and oxygen atoms in total. The van der Waals surface area contributed by atoms with E-state index in [0.29, 0.717) is 0 Å². The van der Waals surface area contributed by atoms with Crippen LogP contribution >= 0.6 is 11.6 Å². The van der Waals surface area contributed by atoms with Crippen LogP contribution in [0.1, 0.15) is 0 Å². The summed E-state index contributed by atoms with van der Waals surface area (Å²) in [6, 6.07) is 3.85. The number of fused-ring (bicyclic) bond motifs is 1. The number of rotatable bonds is 2. The van der Waals surface area contributed by atoms with Gasteiger partial charge < -0.3 is 10.1 Å². The minimum Gasteiger partial charge on any atom is -0.453 e. The number of halogens is 2. The summed E-state index contributed by atoms with van der Waals surface area (Å²) < 4.78 is 18.9. The monoisotopic (exact) mass is 319 g/mol. The van der Waals surface area contributed by atoms with Gasteiger partial charge in [-0.2, -0.15) is 0 Å². The minimum atomic E-state index is -0.729. The maximum absolute atomic E-state index is 13.7. The molecule has 0 saturated carbocycles. The summed E-state index contributed by atoms with van der Waals surface area (Å²) >= 11 is 5.65. The van der Waals surface area contributed by atoms with Gasteiger partial charge in [-0.25, -0.2) is 9.18 Å². The SMILES string of the molecule is O=C(Nc1ccc(Cl)cc1F)C1=CC2C=CC=CC2OC1=O. The highest BCUT2D eigenvalue weighted by Gasteiger charge is 2.32.